The number of amides is 1. The van der Waals surface area contributed by atoms with E-state index in [1.165, 1.54) is 12.8 Å². The van der Waals surface area contributed by atoms with E-state index in [4.69, 9.17) is 11.6 Å². The summed E-state index contributed by atoms with van der Waals surface area (Å²) < 4.78 is 0. The summed E-state index contributed by atoms with van der Waals surface area (Å²) in [6.07, 6.45) is 4.71. The van der Waals surface area contributed by atoms with Crippen molar-refractivity contribution in [1.29, 1.82) is 0 Å². The zero-order valence-corrected chi connectivity index (χ0v) is 12.0. The largest absolute Gasteiger partial charge is 0.352 e. The summed E-state index contributed by atoms with van der Waals surface area (Å²) in [5.74, 6) is 0.0980. The Bertz CT molecular complexity index is 413. The van der Waals surface area contributed by atoms with E-state index in [-0.39, 0.29) is 11.9 Å². The summed E-state index contributed by atoms with van der Waals surface area (Å²) in [7, 11) is 0. The molecule has 1 unspecified atom stereocenters. The topological polar surface area (TPSA) is 41.1 Å². The minimum absolute atomic E-state index is 0.0980. The van der Waals surface area contributed by atoms with Crippen molar-refractivity contribution in [3.05, 3.63) is 34.9 Å². The lowest BCUT2D eigenvalue weighted by molar-refractivity contribution is -0.123. The van der Waals surface area contributed by atoms with Crippen molar-refractivity contribution in [2.24, 2.45) is 0 Å². The van der Waals surface area contributed by atoms with Gasteiger partial charge < -0.3 is 10.6 Å². The third-order valence-corrected chi connectivity index (χ3v) is 3.87. The summed E-state index contributed by atoms with van der Waals surface area (Å²) in [6.45, 7) is 2.58. The minimum Gasteiger partial charge on any atom is -0.352 e. The second kappa shape index (κ2) is 6.92. The van der Waals surface area contributed by atoms with E-state index in [1.54, 1.807) is 0 Å². The van der Waals surface area contributed by atoms with E-state index in [9.17, 15) is 4.79 Å². The second-order valence-corrected chi connectivity index (χ2v) is 5.66. The van der Waals surface area contributed by atoms with Crippen molar-refractivity contribution in [3.8, 4) is 0 Å². The van der Waals surface area contributed by atoms with Gasteiger partial charge in [0.15, 0.2) is 0 Å². The maximum absolute atomic E-state index is 12.0. The van der Waals surface area contributed by atoms with Gasteiger partial charge in [-0.3, -0.25) is 4.79 Å². The predicted octanol–water partition coefficient (Wildman–Crippen LogP) is 2.88. The molecule has 2 N–H and O–H groups in total. The molecular formula is C15H21ClN2O. The van der Waals surface area contributed by atoms with Crippen molar-refractivity contribution < 1.29 is 4.79 Å². The molecule has 104 valence electrons. The standard InChI is InChI=1S/C15H21ClN2O/c1-11(15(19)18-14-4-2-3-5-14)17-10-12-6-8-13(16)9-7-12/h6-9,11,14,17H,2-5,10H2,1H3,(H,18,19). The van der Waals surface area contributed by atoms with Gasteiger partial charge in [-0.1, -0.05) is 36.6 Å². The van der Waals surface area contributed by atoms with Crippen molar-refractivity contribution in [3.63, 3.8) is 0 Å². The lowest BCUT2D eigenvalue weighted by atomic mass is 10.2. The quantitative estimate of drug-likeness (QED) is 0.871. The van der Waals surface area contributed by atoms with Crippen LogP contribution >= 0.6 is 11.6 Å². The zero-order chi connectivity index (χ0) is 13.7. The molecular weight excluding hydrogens is 260 g/mol. The molecule has 1 amide bonds. The number of hydrogen-bond acceptors (Lipinski definition) is 2. The van der Waals surface area contributed by atoms with E-state index in [2.05, 4.69) is 10.6 Å². The zero-order valence-electron chi connectivity index (χ0n) is 11.3. The third-order valence-electron chi connectivity index (χ3n) is 3.62. The molecule has 0 saturated heterocycles. The van der Waals surface area contributed by atoms with Gasteiger partial charge in [0.25, 0.3) is 0 Å². The first-order valence-electron chi connectivity index (χ1n) is 6.93. The van der Waals surface area contributed by atoms with Crippen LogP contribution in [-0.2, 0) is 11.3 Å². The molecule has 1 atom stereocenters. The van der Waals surface area contributed by atoms with Gasteiger partial charge in [-0.05, 0) is 37.5 Å². The lowest BCUT2D eigenvalue weighted by Crippen LogP contribution is -2.45. The number of halogens is 1. The van der Waals surface area contributed by atoms with Gasteiger partial charge >= 0.3 is 0 Å². The van der Waals surface area contributed by atoms with Gasteiger partial charge in [-0.2, -0.15) is 0 Å². The van der Waals surface area contributed by atoms with Gasteiger partial charge in [0.1, 0.15) is 0 Å². The number of carbonyl (C=O) groups is 1. The van der Waals surface area contributed by atoms with Gasteiger partial charge in [0.05, 0.1) is 6.04 Å². The molecule has 4 heteroatoms. The van der Waals surface area contributed by atoms with Crippen molar-refractivity contribution in [2.45, 2.75) is 51.2 Å². The Morgan fingerprint density at radius 2 is 1.95 bits per heavy atom. The van der Waals surface area contributed by atoms with E-state index in [0.717, 1.165) is 23.4 Å². The van der Waals surface area contributed by atoms with Crippen molar-refractivity contribution in [2.75, 3.05) is 0 Å². The number of rotatable bonds is 5. The van der Waals surface area contributed by atoms with Crippen LogP contribution in [0.5, 0.6) is 0 Å². The lowest BCUT2D eigenvalue weighted by Gasteiger charge is -2.17. The Labute approximate surface area is 119 Å². The van der Waals surface area contributed by atoms with Crippen LogP contribution in [0.2, 0.25) is 5.02 Å². The summed E-state index contributed by atoms with van der Waals surface area (Å²) in [5, 5.41) is 7.07. The first kappa shape index (κ1) is 14.4. The molecule has 0 aromatic heterocycles. The van der Waals surface area contributed by atoms with E-state index >= 15 is 0 Å². The summed E-state index contributed by atoms with van der Waals surface area (Å²) in [6, 6.07) is 7.88. The van der Waals surface area contributed by atoms with E-state index in [1.807, 2.05) is 31.2 Å². The fraction of sp³-hybridized carbons (Fsp3) is 0.533. The van der Waals surface area contributed by atoms with Gasteiger partial charge in [0.2, 0.25) is 5.91 Å². The SMILES string of the molecule is CC(NCc1ccc(Cl)cc1)C(=O)NC1CCCC1. The van der Waals surface area contributed by atoms with Crippen LogP contribution in [0, 0.1) is 0 Å². The van der Waals surface area contributed by atoms with Crippen LogP contribution in [0.25, 0.3) is 0 Å². The normalized spacial score (nSPS) is 17.4. The Balaban J connectivity index is 1.75. The Hall–Kier alpha value is -1.06. The monoisotopic (exact) mass is 280 g/mol. The molecule has 19 heavy (non-hydrogen) atoms. The Kier molecular flexibility index (Phi) is 5.23. The maximum atomic E-state index is 12.0. The molecule has 1 aliphatic rings. The molecule has 1 fully saturated rings. The summed E-state index contributed by atoms with van der Waals surface area (Å²) >= 11 is 5.84. The summed E-state index contributed by atoms with van der Waals surface area (Å²) in [4.78, 5) is 12.0. The molecule has 1 aromatic carbocycles. The number of hydrogen-bond donors (Lipinski definition) is 2. The molecule has 2 rings (SSSR count). The average Bonchev–Trinajstić information content (AvgIpc) is 2.90. The van der Waals surface area contributed by atoms with Gasteiger partial charge in [-0.15, -0.1) is 0 Å². The van der Waals surface area contributed by atoms with Crippen LogP contribution in [0.3, 0.4) is 0 Å². The van der Waals surface area contributed by atoms with E-state index < -0.39 is 0 Å². The molecule has 0 radical (unpaired) electrons. The van der Waals surface area contributed by atoms with Gasteiger partial charge in [0, 0.05) is 17.6 Å². The fourth-order valence-corrected chi connectivity index (χ4v) is 2.49. The molecule has 1 saturated carbocycles. The third kappa shape index (κ3) is 4.51. The average molecular weight is 281 g/mol. The van der Waals surface area contributed by atoms with Crippen LogP contribution in [-0.4, -0.2) is 18.0 Å². The molecule has 0 bridgehead atoms. The Morgan fingerprint density at radius 3 is 2.58 bits per heavy atom. The molecule has 1 aliphatic carbocycles. The van der Waals surface area contributed by atoms with Crippen LogP contribution in [0.4, 0.5) is 0 Å². The number of nitrogens with one attached hydrogen (secondary N) is 2. The fourth-order valence-electron chi connectivity index (χ4n) is 2.36. The minimum atomic E-state index is -0.170. The van der Waals surface area contributed by atoms with Crippen LogP contribution in [0.1, 0.15) is 38.2 Å². The maximum Gasteiger partial charge on any atom is 0.237 e. The second-order valence-electron chi connectivity index (χ2n) is 5.22. The van der Waals surface area contributed by atoms with Crippen molar-refractivity contribution >= 4 is 17.5 Å². The number of carbonyl (C=O) groups excluding carboxylic acids is 1. The predicted molar refractivity (Wildman–Crippen MR) is 78.2 cm³/mol. The molecule has 1 aromatic rings. The molecule has 0 spiro atoms. The van der Waals surface area contributed by atoms with Crippen molar-refractivity contribution in [1.82, 2.24) is 10.6 Å². The molecule has 0 heterocycles. The highest BCUT2D eigenvalue weighted by atomic mass is 35.5. The summed E-state index contributed by atoms with van der Waals surface area (Å²) in [5.41, 5.74) is 1.13. The highest BCUT2D eigenvalue weighted by Gasteiger charge is 2.20. The van der Waals surface area contributed by atoms with Gasteiger partial charge in [-0.25, -0.2) is 0 Å². The highest BCUT2D eigenvalue weighted by molar-refractivity contribution is 6.30. The highest BCUT2D eigenvalue weighted by Crippen LogP contribution is 2.17. The van der Waals surface area contributed by atoms with Crippen LogP contribution < -0.4 is 10.6 Å². The molecule has 3 nitrogen and oxygen atoms in total. The van der Waals surface area contributed by atoms with E-state index in [0.29, 0.717) is 12.6 Å². The Morgan fingerprint density at radius 1 is 1.32 bits per heavy atom. The van der Waals surface area contributed by atoms with Crippen LogP contribution in [0.15, 0.2) is 24.3 Å². The molecule has 0 aliphatic heterocycles. The first-order chi connectivity index (χ1) is 9.15. The first-order valence-corrected chi connectivity index (χ1v) is 7.31. The smallest absolute Gasteiger partial charge is 0.237 e. The number of benzene rings is 1.